The Kier molecular flexibility index (Phi) is 6.50. The average Bonchev–Trinajstić information content (AvgIpc) is 3.18. The van der Waals surface area contributed by atoms with Crippen LogP contribution in [0.2, 0.25) is 0 Å². The van der Waals surface area contributed by atoms with Crippen LogP contribution in [0.1, 0.15) is 32.8 Å². The van der Waals surface area contributed by atoms with E-state index in [1.54, 1.807) is 0 Å². The van der Waals surface area contributed by atoms with Gasteiger partial charge in [0, 0.05) is 49.7 Å². The molecule has 2 aliphatic rings. The lowest BCUT2D eigenvalue weighted by Gasteiger charge is -2.40. The SMILES string of the molecule is CC(NCC(C1CCOC1)N1CCOCC1)C(C)(C)c1ccccc1. The second kappa shape index (κ2) is 8.63. The number of nitrogens with one attached hydrogen (secondary N) is 1. The highest BCUT2D eigenvalue weighted by Gasteiger charge is 2.33. The van der Waals surface area contributed by atoms with E-state index >= 15 is 0 Å². The Bertz CT molecular complexity index is 508. The quantitative estimate of drug-likeness (QED) is 0.823. The van der Waals surface area contributed by atoms with Gasteiger partial charge in [-0.05, 0) is 18.9 Å². The van der Waals surface area contributed by atoms with Crippen molar-refractivity contribution in [3.8, 4) is 0 Å². The topological polar surface area (TPSA) is 33.7 Å². The third kappa shape index (κ3) is 4.62. The number of morpholine rings is 1. The molecular formula is C21H34N2O2. The van der Waals surface area contributed by atoms with E-state index in [0.29, 0.717) is 18.0 Å². The molecule has 3 unspecified atom stereocenters. The largest absolute Gasteiger partial charge is 0.381 e. The van der Waals surface area contributed by atoms with Crippen molar-refractivity contribution in [3.05, 3.63) is 35.9 Å². The molecule has 0 saturated carbocycles. The predicted octanol–water partition coefficient (Wildman–Crippen LogP) is 2.68. The Morgan fingerprint density at radius 1 is 1.12 bits per heavy atom. The molecule has 25 heavy (non-hydrogen) atoms. The highest BCUT2D eigenvalue weighted by molar-refractivity contribution is 5.25. The second-order valence-electron chi connectivity index (χ2n) is 8.06. The number of hydrogen-bond donors (Lipinski definition) is 1. The zero-order chi connectivity index (χ0) is 17.7. The molecule has 0 radical (unpaired) electrons. The smallest absolute Gasteiger partial charge is 0.0594 e. The molecule has 0 aliphatic carbocycles. The van der Waals surface area contributed by atoms with Gasteiger partial charge >= 0.3 is 0 Å². The lowest BCUT2D eigenvalue weighted by atomic mass is 9.78. The van der Waals surface area contributed by atoms with Crippen LogP contribution >= 0.6 is 0 Å². The van der Waals surface area contributed by atoms with E-state index in [2.05, 4.69) is 61.3 Å². The summed E-state index contributed by atoms with van der Waals surface area (Å²) >= 11 is 0. The zero-order valence-corrected chi connectivity index (χ0v) is 16.0. The lowest BCUT2D eigenvalue weighted by molar-refractivity contribution is 0.000430. The van der Waals surface area contributed by atoms with Crippen molar-refractivity contribution in [2.45, 2.75) is 44.7 Å². The Balaban J connectivity index is 1.63. The summed E-state index contributed by atoms with van der Waals surface area (Å²) in [6, 6.07) is 11.8. The Labute approximate surface area is 152 Å². The van der Waals surface area contributed by atoms with Crippen LogP contribution in [0.15, 0.2) is 30.3 Å². The molecule has 4 nitrogen and oxygen atoms in total. The van der Waals surface area contributed by atoms with Gasteiger partial charge in [0.05, 0.1) is 19.8 Å². The Hall–Kier alpha value is -0.940. The summed E-state index contributed by atoms with van der Waals surface area (Å²) in [4.78, 5) is 2.61. The molecular weight excluding hydrogens is 312 g/mol. The van der Waals surface area contributed by atoms with Crippen LogP contribution in [-0.4, -0.2) is 63.0 Å². The number of hydrogen-bond acceptors (Lipinski definition) is 4. The minimum atomic E-state index is 0.100. The van der Waals surface area contributed by atoms with Gasteiger partial charge in [0.2, 0.25) is 0 Å². The van der Waals surface area contributed by atoms with Crippen LogP contribution in [-0.2, 0) is 14.9 Å². The molecule has 3 atom stereocenters. The van der Waals surface area contributed by atoms with E-state index in [-0.39, 0.29) is 5.41 Å². The first kappa shape index (κ1) is 18.8. The fraction of sp³-hybridized carbons (Fsp3) is 0.714. The van der Waals surface area contributed by atoms with Gasteiger partial charge in [-0.1, -0.05) is 44.2 Å². The number of rotatable bonds is 7. The molecule has 2 heterocycles. The molecule has 4 heteroatoms. The van der Waals surface area contributed by atoms with Crippen LogP contribution in [0, 0.1) is 5.92 Å². The standard InChI is InChI=1S/C21H34N2O2/c1-17(21(2,3)19-7-5-4-6-8-19)22-15-20(18-9-12-25-16-18)23-10-13-24-14-11-23/h4-8,17-18,20,22H,9-16H2,1-3H3. The van der Waals surface area contributed by atoms with Gasteiger partial charge in [-0.25, -0.2) is 0 Å². The molecule has 3 rings (SSSR count). The summed E-state index contributed by atoms with van der Waals surface area (Å²) in [6.07, 6.45) is 1.18. The van der Waals surface area contributed by atoms with Crippen molar-refractivity contribution < 1.29 is 9.47 Å². The summed E-state index contributed by atoms with van der Waals surface area (Å²) in [5.74, 6) is 0.637. The number of benzene rings is 1. The van der Waals surface area contributed by atoms with Crippen LogP contribution in [0.3, 0.4) is 0 Å². The van der Waals surface area contributed by atoms with Gasteiger partial charge in [-0.2, -0.15) is 0 Å². The highest BCUT2D eigenvalue weighted by atomic mass is 16.5. The first-order valence-corrected chi connectivity index (χ1v) is 9.77. The fourth-order valence-electron chi connectivity index (χ4n) is 4.03. The van der Waals surface area contributed by atoms with Crippen LogP contribution in [0.5, 0.6) is 0 Å². The third-order valence-corrected chi connectivity index (χ3v) is 6.26. The monoisotopic (exact) mass is 346 g/mol. The summed E-state index contributed by atoms with van der Waals surface area (Å²) in [5.41, 5.74) is 1.49. The third-order valence-electron chi connectivity index (χ3n) is 6.26. The maximum absolute atomic E-state index is 5.69. The molecule has 0 amide bonds. The summed E-state index contributed by atoms with van der Waals surface area (Å²) in [6.45, 7) is 13.6. The molecule has 1 aromatic carbocycles. The van der Waals surface area contributed by atoms with Crippen molar-refractivity contribution in [3.63, 3.8) is 0 Å². The van der Waals surface area contributed by atoms with Gasteiger partial charge in [0.15, 0.2) is 0 Å². The molecule has 140 valence electrons. The van der Waals surface area contributed by atoms with Crippen molar-refractivity contribution in [1.82, 2.24) is 10.2 Å². The van der Waals surface area contributed by atoms with Crippen LogP contribution in [0.4, 0.5) is 0 Å². The van der Waals surface area contributed by atoms with Crippen molar-refractivity contribution >= 4 is 0 Å². The average molecular weight is 347 g/mol. The van der Waals surface area contributed by atoms with E-state index in [9.17, 15) is 0 Å². The minimum absolute atomic E-state index is 0.100. The maximum atomic E-state index is 5.69. The van der Waals surface area contributed by atoms with Crippen LogP contribution < -0.4 is 5.32 Å². The Morgan fingerprint density at radius 3 is 2.48 bits per heavy atom. The molecule has 0 bridgehead atoms. The molecule has 1 N–H and O–H groups in total. The van der Waals surface area contributed by atoms with E-state index in [4.69, 9.17) is 9.47 Å². The molecule has 2 aliphatic heterocycles. The van der Waals surface area contributed by atoms with E-state index in [1.165, 1.54) is 12.0 Å². The van der Waals surface area contributed by atoms with E-state index in [1.807, 2.05) is 0 Å². The summed E-state index contributed by atoms with van der Waals surface area (Å²) < 4.78 is 11.2. The minimum Gasteiger partial charge on any atom is -0.381 e. The second-order valence-corrected chi connectivity index (χ2v) is 8.06. The molecule has 1 aromatic rings. The number of nitrogens with zero attached hydrogens (tertiary/aromatic N) is 1. The van der Waals surface area contributed by atoms with Crippen molar-refractivity contribution in [2.24, 2.45) is 5.92 Å². The Morgan fingerprint density at radius 2 is 1.84 bits per heavy atom. The summed E-state index contributed by atoms with van der Waals surface area (Å²) in [5, 5.41) is 3.86. The molecule has 0 spiro atoms. The van der Waals surface area contributed by atoms with Gasteiger partial charge in [0.1, 0.15) is 0 Å². The van der Waals surface area contributed by atoms with E-state index in [0.717, 1.165) is 46.1 Å². The predicted molar refractivity (Wildman–Crippen MR) is 102 cm³/mol. The van der Waals surface area contributed by atoms with Gasteiger partial charge in [0.25, 0.3) is 0 Å². The van der Waals surface area contributed by atoms with E-state index < -0.39 is 0 Å². The highest BCUT2D eigenvalue weighted by Crippen LogP contribution is 2.28. The van der Waals surface area contributed by atoms with Crippen molar-refractivity contribution in [1.29, 1.82) is 0 Å². The molecule has 2 saturated heterocycles. The molecule has 0 aromatic heterocycles. The van der Waals surface area contributed by atoms with Gasteiger partial charge in [-0.15, -0.1) is 0 Å². The van der Waals surface area contributed by atoms with Crippen LogP contribution in [0.25, 0.3) is 0 Å². The number of ether oxygens (including phenoxy) is 2. The van der Waals surface area contributed by atoms with Gasteiger partial charge < -0.3 is 14.8 Å². The first-order valence-electron chi connectivity index (χ1n) is 9.77. The lowest BCUT2D eigenvalue weighted by Crippen LogP contribution is -2.54. The fourth-order valence-corrected chi connectivity index (χ4v) is 4.03. The summed E-state index contributed by atoms with van der Waals surface area (Å²) in [7, 11) is 0. The first-order chi connectivity index (χ1) is 12.1. The zero-order valence-electron chi connectivity index (χ0n) is 16.0. The van der Waals surface area contributed by atoms with Gasteiger partial charge in [-0.3, -0.25) is 4.90 Å². The van der Waals surface area contributed by atoms with Crippen molar-refractivity contribution in [2.75, 3.05) is 46.1 Å². The molecule has 2 fully saturated rings. The normalized spacial score (nSPS) is 25.0. The maximum Gasteiger partial charge on any atom is 0.0594 e.